The molecule has 0 saturated heterocycles. The summed E-state index contributed by atoms with van der Waals surface area (Å²) in [5.74, 6) is 0.715. The van der Waals surface area contributed by atoms with Crippen molar-refractivity contribution in [1.82, 2.24) is 5.32 Å². The molecule has 1 aromatic carbocycles. The standard InChI is InChI=1S/C18H28N2O3/c1-6-7-12-19-13(2)16-20(17(21)23-18(3,4)5)14-10-8-9-11-15(14)22-16/h8-11,13,16,19H,6-7,12H2,1-5H3. The molecule has 0 radical (unpaired) electrons. The van der Waals surface area contributed by atoms with E-state index >= 15 is 0 Å². The molecule has 1 heterocycles. The van der Waals surface area contributed by atoms with E-state index in [1.54, 1.807) is 4.90 Å². The molecule has 0 spiro atoms. The highest BCUT2D eigenvalue weighted by atomic mass is 16.6. The SMILES string of the molecule is CCCCNC(C)C1Oc2ccccc2N1C(=O)OC(C)(C)C. The Morgan fingerprint density at radius 1 is 1.39 bits per heavy atom. The van der Waals surface area contributed by atoms with Gasteiger partial charge in [-0.05, 0) is 52.8 Å². The number of carbonyl (C=O) groups excluding carboxylic acids is 1. The molecule has 5 nitrogen and oxygen atoms in total. The molecule has 2 rings (SSSR count). The molecule has 1 aliphatic heterocycles. The first kappa shape index (κ1) is 17.6. The average molecular weight is 320 g/mol. The van der Waals surface area contributed by atoms with Crippen molar-refractivity contribution in [3.8, 4) is 5.75 Å². The topological polar surface area (TPSA) is 50.8 Å². The molecule has 2 atom stereocenters. The molecule has 0 bridgehead atoms. The summed E-state index contributed by atoms with van der Waals surface area (Å²) in [6, 6.07) is 7.58. The Bertz CT molecular complexity index is 539. The first-order valence-electron chi connectivity index (χ1n) is 8.34. The van der Waals surface area contributed by atoms with Crippen LogP contribution in [0.3, 0.4) is 0 Å². The van der Waals surface area contributed by atoms with Crippen molar-refractivity contribution >= 4 is 11.8 Å². The van der Waals surface area contributed by atoms with E-state index in [-0.39, 0.29) is 12.1 Å². The predicted octanol–water partition coefficient (Wildman–Crippen LogP) is 3.92. The second kappa shape index (κ2) is 7.21. The molecule has 5 heteroatoms. The van der Waals surface area contributed by atoms with Crippen molar-refractivity contribution in [2.75, 3.05) is 11.4 Å². The maximum Gasteiger partial charge on any atom is 0.417 e. The number of para-hydroxylation sites is 2. The highest BCUT2D eigenvalue weighted by Gasteiger charge is 2.40. The Morgan fingerprint density at radius 3 is 2.74 bits per heavy atom. The predicted molar refractivity (Wildman–Crippen MR) is 91.9 cm³/mol. The van der Waals surface area contributed by atoms with Gasteiger partial charge in [0.15, 0.2) is 6.23 Å². The quantitative estimate of drug-likeness (QED) is 0.835. The molecule has 2 unspecified atom stereocenters. The number of unbranched alkanes of at least 4 members (excludes halogenated alkanes) is 1. The van der Waals surface area contributed by atoms with E-state index in [0.717, 1.165) is 25.1 Å². The third-order valence-corrected chi connectivity index (χ3v) is 3.64. The zero-order valence-corrected chi connectivity index (χ0v) is 14.8. The van der Waals surface area contributed by atoms with Crippen molar-refractivity contribution < 1.29 is 14.3 Å². The van der Waals surface area contributed by atoms with Crippen molar-refractivity contribution in [2.45, 2.75) is 65.3 Å². The Balaban J connectivity index is 2.19. The van der Waals surface area contributed by atoms with Crippen LogP contribution in [0.15, 0.2) is 24.3 Å². The maximum atomic E-state index is 12.7. The van der Waals surface area contributed by atoms with E-state index in [1.807, 2.05) is 52.0 Å². The van der Waals surface area contributed by atoms with E-state index < -0.39 is 11.8 Å². The average Bonchev–Trinajstić information content (AvgIpc) is 2.85. The van der Waals surface area contributed by atoms with Gasteiger partial charge in [-0.2, -0.15) is 0 Å². The first-order valence-corrected chi connectivity index (χ1v) is 8.34. The maximum absolute atomic E-state index is 12.7. The second-order valence-corrected chi connectivity index (χ2v) is 6.92. The summed E-state index contributed by atoms with van der Waals surface area (Å²) >= 11 is 0. The molecular weight excluding hydrogens is 292 g/mol. The second-order valence-electron chi connectivity index (χ2n) is 6.92. The lowest BCUT2D eigenvalue weighted by Gasteiger charge is -2.30. The van der Waals surface area contributed by atoms with Gasteiger partial charge in [0.25, 0.3) is 0 Å². The summed E-state index contributed by atoms with van der Waals surface area (Å²) in [4.78, 5) is 14.3. The minimum atomic E-state index is -0.544. The minimum absolute atomic E-state index is 0.00136. The molecule has 23 heavy (non-hydrogen) atoms. The number of nitrogens with one attached hydrogen (secondary N) is 1. The van der Waals surface area contributed by atoms with E-state index in [4.69, 9.17) is 9.47 Å². The first-order chi connectivity index (χ1) is 10.8. The fraction of sp³-hybridized carbons (Fsp3) is 0.611. The molecule has 0 saturated carbocycles. The number of fused-ring (bicyclic) bond motifs is 1. The monoisotopic (exact) mass is 320 g/mol. The minimum Gasteiger partial charge on any atom is -0.466 e. The van der Waals surface area contributed by atoms with Crippen LogP contribution in [0.5, 0.6) is 5.75 Å². The van der Waals surface area contributed by atoms with Crippen LogP contribution < -0.4 is 15.0 Å². The number of rotatable bonds is 5. The van der Waals surface area contributed by atoms with Crippen LogP contribution >= 0.6 is 0 Å². The van der Waals surface area contributed by atoms with Gasteiger partial charge < -0.3 is 14.8 Å². The van der Waals surface area contributed by atoms with Gasteiger partial charge in [-0.1, -0.05) is 25.5 Å². The van der Waals surface area contributed by atoms with Crippen LogP contribution in [0, 0.1) is 0 Å². The van der Waals surface area contributed by atoms with Crippen LogP contribution in [0.4, 0.5) is 10.5 Å². The smallest absolute Gasteiger partial charge is 0.417 e. The third-order valence-electron chi connectivity index (χ3n) is 3.64. The zero-order chi connectivity index (χ0) is 17.0. The number of carbonyl (C=O) groups is 1. The number of ether oxygens (including phenoxy) is 2. The fourth-order valence-electron chi connectivity index (χ4n) is 2.52. The molecule has 128 valence electrons. The Morgan fingerprint density at radius 2 is 2.09 bits per heavy atom. The van der Waals surface area contributed by atoms with Crippen LogP contribution in [0.1, 0.15) is 47.5 Å². The Hall–Kier alpha value is -1.75. The largest absolute Gasteiger partial charge is 0.466 e. The molecule has 0 aliphatic carbocycles. The molecule has 1 N–H and O–H groups in total. The highest BCUT2D eigenvalue weighted by molar-refractivity contribution is 5.92. The van der Waals surface area contributed by atoms with E-state index in [0.29, 0.717) is 5.75 Å². The van der Waals surface area contributed by atoms with Gasteiger partial charge in [-0.3, -0.25) is 0 Å². The molecule has 1 aliphatic rings. The summed E-state index contributed by atoms with van der Waals surface area (Å²) in [6.07, 6.45) is 1.44. The normalized spacial score (nSPS) is 18.3. The van der Waals surface area contributed by atoms with Gasteiger partial charge in [0, 0.05) is 0 Å². The zero-order valence-electron chi connectivity index (χ0n) is 14.8. The fourth-order valence-corrected chi connectivity index (χ4v) is 2.52. The molecule has 1 aromatic rings. The van der Waals surface area contributed by atoms with Crippen LogP contribution in [0.2, 0.25) is 0 Å². The Kier molecular flexibility index (Phi) is 5.52. The van der Waals surface area contributed by atoms with Gasteiger partial charge >= 0.3 is 6.09 Å². The Labute approximate surface area is 139 Å². The number of hydrogen-bond donors (Lipinski definition) is 1. The van der Waals surface area contributed by atoms with Gasteiger partial charge in [0.05, 0.1) is 11.7 Å². The summed E-state index contributed by atoms with van der Waals surface area (Å²) < 4.78 is 11.6. The summed E-state index contributed by atoms with van der Waals surface area (Å²) in [5.41, 5.74) is 0.216. The van der Waals surface area contributed by atoms with Gasteiger partial charge in [0.2, 0.25) is 0 Å². The van der Waals surface area contributed by atoms with E-state index in [9.17, 15) is 4.79 Å². The summed E-state index contributed by atoms with van der Waals surface area (Å²) in [6.45, 7) is 10.7. The number of anilines is 1. The van der Waals surface area contributed by atoms with Crippen LogP contribution in [-0.2, 0) is 4.74 Å². The summed E-state index contributed by atoms with van der Waals surface area (Å²) in [7, 11) is 0. The summed E-state index contributed by atoms with van der Waals surface area (Å²) in [5, 5.41) is 3.43. The number of amides is 1. The van der Waals surface area contributed by atoms with Crippen molar-refractivity contribution in [1.29, 1.82) is 0 Å². The molecule has 1 amide bonds. The van der Waals surface area contributed by atoms with Gasteiger partial charge in [-0.15, -0.1) is 0 Å². The highest BCUT2D eigenvalue weighted by Crippen LogP contribution is 2.38. The number of hydrogen-bond acceptors (Lipinski definition) is 4. The third kappa shape index (κ3) is 4.38. The van der Waals surface area contributed by atoms with Crippen LogP contribution in [-0.4, -0.2) is 30.5 Å². The van der Waals surface area contributed by atoms with Crippen molar-refractivity contribution in [3.63, 3.8) is 0 Å². The number of benzene rings is 1. The van der Waals surface area contributed by atoms with Crippen molar-refractivity contribution in [2.24, 2.45) is 0 Å². The van der Waals surface area contributed by atoms with Crippen molar-refractivity contribution in [3.05, 3.63) is 24.3 Å². The lowest BCUT2D eigenvalue weighted by atomic mass is 10.2. The lowest BCUT2D eigenvalue weighted by Crippen LogP contribution is -2.52. The van der Waals surface area contributed by atoms with Gasteiger partial charge in [-0.25, -0.2) is 9.69 Å². The molecule has 0 aromatic heterocycles. The van der Waals surface area contributed by atoms with E-state index in [2.05, 4.69) is 12.2 Å². The lowest BCUT2D eigenvalue weighted by molar-refractivity contribution is 0.0501. The van der Waals surface area contributed by atoms with Crippen LogP contribution in [0.25, 0.3) is 0 Å². The van der Waals surface area contributed by atoms with E-state index in [1.165, 1.54) is 0 Å². The van der Waals surface area contributed by atoms with Gasteiger partial charge in [0.1, 0.15) is 11.4 Å². The number of nitrogens with zero attached hydrogens (tertiary/aromatic N) is 1. The molecular formula is C18H28N2O3. The molecule has 0 fully saturated rings.